The van der Waals surface area contributed by atoms with E-state index in [4.69, 9.17) is 4.42 Å². The Hall–Kier alpha value is -3.07. The molecule has 0 atom stereocenters. The number of hydrogen-bond acceptors (Lipinski definition) is 2. The highest BCUT2D eigenvalue weighted by atomic mass is 16.3. The lowest BCUT2D eigenvalue weighted by Gasteiger charge is -2.11. The third-order valence-electron chi connectivity index (χ3n) is 3.75. The first kappa shape index (κ1) is 12.7. The molecule has 22 heavy (non-hydrogen) atoms. The number of aromatic nitrogens is 1. The number of H-pyrrole nitrogens is 1. The van der Waals surface area contributed by atoms with Crippen molar-refractivity contribution in [2.45, 2.75) is 0 Å². The molecular weight excluding hydrogens is 274 g/mol. The molecule has 0 saturated carbocycles. The quantitative estimate of drug-likeness (QED) is 0.592. The Kier molecular flexibility index (Phi) is 2.90. The van der Waals surface area contributed by atoms with Crippen molar-refractivity contribution in [1.82, 2.24) is 4.98 Å². The minimum atomic E-state index is -0.210. The maximum atomic E-state index is 12.3. The van der Waals surface area contributed by atoms with E-state index in [2.05, 4.69) is 4.98 Å². The van der Waals surface area contributed by atoms with Gasteiger partial charge in [0.25, 0.3) is 5.56 Å². The molecular formula is C19H13NO2. The van der Waals surface area contributed by atoms with Crippen molar-refractivity contribution in [3.8, 4) is 22.4 Å². The van der Waals surface area contributed by atoms with Crippen LogP contribution in [0.4, 0.5) is 0 Å². The predicted octanol–water partition coefficient (Wildman–Crippen LogP) is 4.46. The molecule has 106 valence electrons. The van der Waals surface area contributed by atoms with Gasteiger partial charge in [-0.15, -0.1) is 0 Å². The standard InChI is InChI=1S/C19H13NO2/c21-19-18-15(11-12-22-18)16(13-7-3-1-4-8-13)17(20-19)14-9-5-2-6-10-14/h1-12H,(H,20,21). The Labute approximate surface area is 126 Å². The van der Waals surface area contributed by atoms with Gasteiger partial charge in [-0.05, 0) is 17.2 Å². The molecule has 1 N–H and O–H groups in total. The number of aromatic amines is 1. The molecule has 0 amide bonds. The minimum Gasteiger partial charge on any atom is -0.459 e. The maximum absolute atomic E-state index is 12.3. The van der Waals surface area contributed by atoms with Gasteiger partial charge in [-0.25, -0.2) is 0 Å². The Morgan fingerprint density at radius 1 is 0.773 bits per heavy atom. The fourth-order valence-electron chi connectivity index (χ4n) is 2.78. The van der Waals surface area contributed by atoms with Gasteiger partial charge in [0, 0.05) is 10.9 Å². The number of pyridine rings is 1. The van der Waals surface area contributed by atoms with E-state index in [-0.39, 0.29) is 5.56 Å². The average Bonchev–Trinajstić information content (AvgIpc) is 3.06. The molecule has 0 aliphatic heterocycles. The minimum absolute atomic E-state index is 0.210. The largest absolute Gasteiger partial charge is 0.459 e. The summed E-state index contributed by atoms with van der Waals surface area (Å²) in [5, 5.41) is 0.828. The molecule has 0 spiro atoms. The Balaban J connectivity index is 2.14. The van der Waals surface area contributed by atoms with E-state index >= 15 is 0 Å². The number of hydrogen-bond donors (Lipinski definition) is 1. The third kappa shape index (κ3) is 1.95. The van der Waals surface area contributed by atoms with Gasteiger partial charge < -0.3 is 9.40 Å². The summed E-state index contributed by atoms with van der Waals surface area (Å²) >= 11 is 0. The monoisotopic (exact) mass is 287 g/mol. The summed E-state index contributed by atoms with van der Waals surface area (Å²) in [7, 11) is 0. The zero-order chi connectivity index (χ0) is 14.9. The molecule has 4 rings (SSSR count). The van der Waals surface area contributed by atoms with E-state index in [1.165, 1.54) is 0 Å². The molecule has 0 radical (unpaired) electrons. The summed E-state index contributed by atoms with van der Waals surface area (Å²) < 4.78 is 5.36. The van der Waals surface area contributed by atoms with Crippen molar-refractivity contribution in [1.29, 1.82) is 0 Å². The summed E-state index contributed by atoms with van der Waals surface area (Å²) in [5.41, 5.74) is 3.96. The molecule has 2 aromatic heterocycles. The first-order valence-electron chi connectivity index (χ1n) is 7.09. The molecule has 2 heterocycles. The van der Waals surface area contributed by atoms with E-state index in [1.807, 2.05) is 66.7 Å². The van der Waals surface area contributed by atoms with Crippen LogP contribution in [-0.4, -0.2) is 4.98 Å². The molecule has 0 aliphatic rings. The van der Waals surface area contributed by atoms with Crippen molar-refractivity contribution in [2.75, 3.05) is 0 Å². The Morgan fingerprint density at radius 2 is 1.41 bits per heavy atom. The fourth-order valence-corrected chi connectivity index (χ4v) is 2.78. The molecule has 4 aromatic rings. The smallest absolute Gasteiger partial charge is 0.292 e. The number of benzene rings is 2. The van der Waals surface area contributed by atoms with Crippen molar-refractivity contribution in [3.63, 3.8) is 0 Å². The molecule has 3 heteroatoms. The van der Waals surface area contributed by atoms with Crippen LogP contribution in [0.5, 0.6) is 0 Å². The number of furan rings is 1. The van der Waals surface area contributed by atoms with E-state index in [1.54, 1.807) is 6.26 Å². The molecule has 3 nitrogen and oxygen atoms in total. The van der Waals surface area contributed by atoms with Crippen molar-refractivity contribution < 1.29 is 4.42 Å². The van der Waals surface area contributed by atoms with Crippen LogP contribution in [0.2, 0.25) is 0 Å². The predicted molar refractivity (Wildman–Crippen MR) is 87.7 cm³/mol. The van der Waals surface area contributed by atoms with Gasteiger partial charge in [-0.2, -0.15) is 0 Å². The molecule has 0 fully saturated rings. The first-order chi connectivity index (χ1) is 10.8. The number of rotatable bonds is 2. The fraction of sp³-hybridized carbons (Fsp3) is 0. The summed E-state index contributed by atoms with van der Waals surface area (Å²) in [6.45, 7) is 0. The lowest BCUT2D eigenvalue weighted by atomic mass is 9.96. The third-order valence-corrected chi connectivity index (χ3v) is 3.75. The van der Waals surface area contributed by atoms with Gasteiger partial charge in [0.05, 0.1) is 12.0 Å². The maximum Gasteiger partial charge on any atom is 0.292 e. The van der Waals surface area contributed by atoms with Gasteiger partial charge >= 0.3 is 0 Å². The van der Waals surface area contributed by atoms with Crippen molar-refractivity contribution in [2.24, 2.45) is 0 Å². The molecule has 0 aliphatic carbocycles. The highest BCUT2D eigenvalue weighted by Gasteiger charge is 2.16. The van der Waals surface area contributed by atoms with Crippen molar-refractivity contribution >= 4 is 11.0 Å². The molecule has 0 unspecified atom stereocenters. The zero-order valence-corrected chi connectivity index (χ0v) is 11.7. The van der Waals surface area contributed by atoms with Crippen LogP contribution < -0.4 is 5.56 Å². The summed E-state index contributed by atoms with van der Waals surface area (Å²) in [6, 6.07) is 21.7. The van der Waals surface area contributed by atoms with Crippen LogP contribution in [0.15, 0.2) is 82.2 Å². The van der Waals surface area contributed by atoms with Crippen LogP contribution in [0.25, 0.3) is 33.4 Å². The van der Waals surface area contributed by atoms with Gasteiger partial charge in [0.15, 0.2) is 5.58 Å². The lowest BCUT2D eigenvalue weighted by Crippen LogP contribution is -2.08. The second kappa shape index (κ2) is 5.04. The number of fused-ring (bicyclic) bond motifs is 1. The first-order valence-corrected chi connectivity index (χ1v) is 7.09. The van der Waals surface area contributed by atoms with E-state index in [0.717, 1.165) is 27.8 Å². The highest BCUT2D eigenvalue weighted by Crippen LogP contribution is 2.35. The molecule has 2 aromatic carbocycles. The zero-order valence-electron chi connectivity index (χ0n) is 11.7. The molecule has 0 saturated heterocycles. The van der Waals surface area contributed by atoms with Crippen LogP contribution in [-0.2, 0) is 0 Å². The van der Waals surface area contributed by atoms with Crippen LogP contribution in [0.1, 0.15) is 0 Å². The normalized spacial score (nSPS) is 10.9. The lowest BCUT2D eigenvalue weighted by molar-refractivity contribution is 0.611. The summed E-state index contributed by atoms with van der Waals surface area (Å²) in [5.74, 6) is 0. The van der Waals surface area contributed by atoms with Gasteiger partial charge in [-0.1, -0.05) is 60.7 Å². The topological polar surface area (TPSA) is 46.0 Å². The Bertz CT molecular complexity index is 982. The van der Waals surface area contributed by atoms with Gasteiger partial charge in [-0.3, -0.25) is 4.79 Å². The van der Waals surface area contributed by atoms with E-state index in [9.17, 15) is 4.79 Å². The summed E-state index contributed by atoms with van der Waals surface area (Å²) in [4.78, 5) is 15.2. The van der Waals surface area contributed by atoms with Crippen LogP contribution >= 0.6 is 0 Å². The highest BCUT2D eigenvalue weighted by molar-refractivity contribution is 6.00. The SMILES string of the molecule is O=c1[nH]c(-c2ccccc2)c(-c2ccccc2)c2ccoc12. The Morgan fingerprint density at radius 3 is 2.09 bits per heavy atom. The summed E-state index contributed by atoms with van der Waals surface area (Å²) in [6.07, 6.45) is 1.56. The van der Waals surface area contributed by atoms with Crippen molar-refractivity contribution in [3.05, 3.63) is 83.3 Å². The van der Waals surface area contributed by atoms with Crippen LogP contribution in [0.3, 0.4) is 0 Å². The molecule has 0 bridgehead atoms. The van der Waals surface area contributed by atoms with E-state index in [0.29, 0.717) is 5.58 Å². The van der Waals surface area contributed by atoms with Gasteiger partial charge in [0.2, 0.25) is 0 Å². The van der Waals surface area contributed by atoms with Gasteiger partial charge in [0.1, 0.15) is 0 Å². The second-order valence-electron chi connectivity index (χ2n) is 5.10. The average molecular weight is 287 g/mol. The second-order valence-corrected chi connectivity index (χ2v) is 5.10. The number of nitrogens with one attached hydrogen (secondary N) is 1. The van der Waals surface area contributed by atoms with E-state index < -0.39 is 0 Å². The van der Waals surface area contributed by atoms with Crippen LogP contribution in [0, 0.1) is 0 Å².